The number of methoxy groups -OCH3 is 1. The summed E-state index contributed by atoms with van der Waals surface area (Å²) in [6.45, 7) is -0.510. The summed E-state index contributed by atoms with van der Waals surface area (Å²) in [5.74, 6) is 0.241. The maximum atomic E-state index is 16.7. The van der Waals surface area contributed by atoms with Gasteiger partial charge in [-0.3, -0.25) is 14.7 Å². The van der Waals surface area contributed by atoms with Gasteiger partial charge in [0.2, 0.25) is 0 Å². The number of carbonyl (C=O) groups is 1. The van der Waals surface area contributed by atoms with Gasteiger partial charge in [0.05, 0.1) is 25.3 Å². The van der Waals surface area contributed by atoms with E-state index in [1.807, 2.05) is 84.9 Å². The second kappa shape index (κ2) is 13.5. The molecule has 0 unspecified atom stereocenters. The first-order chi connectivity index (χ1) is 22.4. The molecule has 5 aromatic rings. The predicted octanol–water partition coefficient (Wildman–Crippen LogP) is 4.68. The normalized spacial score (nSPS) is 19.5. The summed E-state index contributed by atoms with van der Waals surface area (Å²) in [6.07, 6.45) is -2.87. The Labute approximate surface area is 265 Å². The first-order valence-electron chi connectivity index (χ1n) is 14.8. The Bertz CT molecular complexity index is 1780. The van der Waals surface area contributed by atoms with Crippen molar-refractivity contribution in [2.75, 3.05) is 19.0 Å². The number of rotatable bonds is 10. The van der Waals surface area contributed by atoms with E-state index >= 15 is 4.39 Å². The third kappa shape index (κ3) is 5.93. The van der Waals surface area contributed by atoms with Gasteiger partial charge in [-0.1, -0.05) is 91.0 Å². The Morgan fingerprint density at radius 3 is 2.00 bits per heavy atom. The molecule has 4 atom stereocenters. The highest BCUT2D eigenvalue weighted by atomic mass is 19.1. The number of hydrogen-bond donors (Lipinski definition) is 3. The molecule has 1 aliphatic rings. The lowest BCUT2D eigenvalue weighted by atomic mass is 9.76. The summed E-state index contributed by atoms with van der Waals surface area (Å²) in [4.78, 5) is 29.7. The quantitative estimate of drug-likeness (QED) is 0.194. The second-order valence-corrected chi connectivity index (χ2v) is 10.9. The zero-order chi connectivity index (χ0) is 32.1. The van der Waals surface area contributed by atoms with Crippen molar-refractivity contribution in [3.63, 3.8) is 0 Å². The lowest BCUT2D eigenvalue weighted by molar-refractivity contribution is -0.0412. The number of alkyl halides is 1. The van der Waals surface area contributed by atoms with E-state index in [1.165, 1.54) is 12.3 Å². The van der Waals surface area contributed by atoms with Crippen molar-refractivity contribution in [3.05, 3.63) is 160 Å². The molecular weight excluding hydrogens is 587 g/mol. The summed E-state index contributed by atoms with van der Waals surface area (Å²) in [5.41, 5.74) is 0.948. The number of aliphatic hydroxyl groups is 1. The third-order valence-electron chi connectivity index (χ3n) is 8.21. The molecule has 1 aliphatic heterocycles. The van der Waals surface area contributed by atoms with Gasteiger partial charge in [-0.25, -0.2) is 9.18 Å². The van der Waals surface area contributed by atoms with Crippen LogP contribution in [0.5, 0.6) is 5.75 Å². The van der Waals surface area contributed by atoms with Crippen LogP contribution in [-0.4, -0.2) is 52.6 Å². The zero-order valence-electron chi connectivity index (χ0n) is 25.0. The number of anilines is 1. The van der Waals surface area contributed by atoms with Gasteiger partial charge >= 0.3 is 5.69 Å². The van der Waals surface area contributed by atoms with E-state index in [1.54, 1.807) is 37.4 Å². The van der Waals surface area contributed by atoms with Crippen molar-refractivity contribution in [1.29, 1.82) is 0 Å². The minimum Gasteiger partial charge on any atom is -0.497 e. The highest BCUT2D eigenvalue weighted by Crippen LogP contribution is 2.41. The average Bonchev–Trinajstić information content (AvgIpc) is 3.42. The molecule has 0 aliphatic carbocycles. The summed E-state index contributed by atoms with van der Waals surface area (Å²) in [7, 11) is 1.59. The molecule has 0 radical (unpaired) electrons. The standard InChI is InChI=1S/C36H33FN4O5/c1-45-28-19-17-27(18-20-28)36(25-13-7-3-8-14-25,26-15-9-4-10-16-26)40-32-29(23-42)46-34(31(32)37)41-22-21-30(39-35(41)44)38-33(43)24-11-5-2-6-12-24/h2-22,29,31-32,34,40,42H,23H2,1H3,(H,38,39,43,44)/t29-,31-,32-,34-/m1/s1. The molecule has 0 spiro atoms. The van der Waals surface area contributed by atoms with E-state index in [0.717, 1.165) is 21.3 Å². The molecule has 10 heteroatoms. The number of nitrogens with one attached hydrogen (secondary N) is 2. The van der Waals surface area contributed by atoms with Gasteiger partial charge in [-0.15, -0.1) is 0 Å². The smallest absolute Gasteiger partial charge is 0.351 e. The van der Waals surface area contributed by atoms with Crippen molar-refractivity contribution in [3.8, 4) is 5.75 Å². The Kier molecular flexibility index (Phi) is 9.02. The number of hydrogen-bond acceptors (Lipinski definition) is 7. The molecule has 1 saturated heterocycles. The SMILES string of the molecule is COc1ccc(C(N[C@H]2[C@@H](F)[C@H](n3ccc(NC(=O)c4ccccc4)nc3=O)O[C@@H]2CO)(c2ccccc2)c2ccccc2)cc1. The molecule has 2 heterocycles. The molecule has 46 heavy (non-hydrogen) atoms. The molecule has 234 valence electrons. The molecular formula is C36H33FN4O5. The van der Waals surface area contributed by atoms with Gasteiger partial charge in [-0.2, -0.15) is 4.98 Å². The first kappa shape index (κ1) is 30.8. The lowest BCUT2D eigenvalue weighted by Crippen LogP contribution is -2.56. The highest BCUT2D eigenvalue weighted by molar-refractivity contribution is 6.03. The fourth-order valence-electron chi connectivity index (χ4n) is 5.94. The molecule has 1 fully saturated rings. The zero-order valence-corrected chi connectivity index (χ0v) is 25.0. The van der Waals surface area contributed by atoms with Gasteiger partial charge in [-0.05, 0) is 47.0 Å². The predicted molar refractivity (Wildman–Crippen MR) is 171 cm³/mol. The van der Waals surface area contributed by atoms with E-state index in [4.69, 9.17) is 9.47 Å². The number of ether oxygens (including phenoxy) is 2. The van der Waals surface area contributed by atoms with Crippen LogP contribution in [0.15, 0.2) is 132 Å². The summed E-state index contributed by atoms with van der Waals surface area (Å²) >= 11 is 0. The van der Waals surface area contributed by atoms with Gasteiger partial charge in [0.1, 0.15) is 17.7 Å². The van der Waals surface area contributed by atoms with Gasteiger partial charge in [0, 0.05) is 11.8 Å². The monoisotopic (exact) mass is 620 g/mol. The summed E-state index contributed by atoms with van der Waals surface area (Å²) in [5, 5.41) is 16.6. The third-order valence-corrected chi connectivity index (χ3v) is 8.21. The summed E-state index contributed by atoms with van der Waals surface area (Å²) < 4.78 is 29.2. The second-order valence-electron chi connectivity index (χ2n) is 10.9. The number of aliphatic hydroxyl groups excluding tert-OH is 1. The molecule has 1 amide bonds. The Hall–Kier alpha value is -5.16. The van der Waals surface area contributed by atoms with Crippen LogP contribution in [-0.2, 0) is 10.3 Å². The van der Waals surface area contributed by atoms with Crippen molar-refractivity contribution in [1.82, 2.24) is 14.9 Å². The Morgan fingerprint density at radius 1 is 0.891 bits per heavy atom. The lowest BCUT2D eigenvalue weighted by Gasteiger charge is -2.40. The molecule has 0 bridgehead atoms. The topological polar surface area (TPSA) is 115 Å². The number of amides is 1. The van der Waals surface area contributed by atoms with Crippen LogP contribution in [0.3, 0.4) is 0 Å². The van der Waals surface area contributed by atoms with Gasteiger partial charge in [0.15, 0.2) is 12.4 Å². The van der Waals surface area contributed by atoms with Crippen LogP contribution in [0.2, 0.25) is 0 Å². The van der Waals surface area contributed by atoms with Crippen LogP contribution in [0.1, 0.15) is 33.3 Å². The van der Waals surface area contributed by atoms with E-state index in [9.17, 15) is 14.7 Å². The first-order valence-corrected chi connectivity index (χ1v) is 14.8. The molecule has 6 rings (SSSR count). The maximum absolute atomic E-state index is 16.7. The fraction of sp³-hybridized carbons (Fsp3) is 0.194. The Morgan fingerprint density at radius 2 is 1.46 bits per heavy atom. The van der Waals surface area contributed by atoms with Crippen molar-refractivity contribution in [2.45, 2.75) is 30.1 Å². The van der Waals surface area contributed by atoms with Crippen molar-refractivity contribution < 1.29 is 23.8 Å². The highest BCUT2D eigenvalue weighted by Gasteiger charge is 2.50. The largest absolute Gasteiger partial charge is 0.497 e. The fourth-order valence-corrected chi connectivity index (χ4v) is 5.94. The van der Waals surface area contributed by atoms with Crippen LogP contribution < -0.4 is 21.1 Å². The van der Waals surface area contributed by atoms with Gasteiger partial charge in [0.25, 0.3) is 5.91 Å². The van der Waals surface area contributed by atoms with Gasteiger partial charge < -0.3 is 19.9 Å². The van der Waals surface area contributed by atoms with Crippen LogP contribution in [0, 0.1) is 0 Å². The average molecular weight is 621 g/mol. The number of aromatic nitrogens is 2. The van der Waals surface area contributed by atoms with Crippen LogP contribution >= 0.6 is 0 Å². The molecule has 0 saturated carbocycles. The van der Waals surface area contributed by atoms with E-state index in [2.05, 4.69) is 15.6 Å². The molecule has 3 N–H and O–H groups in total. The molecule has 9 nitrogen and oxygen atoms in total. The minimum atomic E-state index is -1.79. The maximum Gasteiger partial charge on any atom is 0.351 e. The number of carbonyl (C=O) groups excluding carboxylic acids is 1. The van der Waals surface area contributed by atoms with Crippen LogP contribution in [0.4, 0.5) is 10.2 Å². The molecule has 4 aromatic carbocycles. The summed E-state index contributed by atoms with van der Waals surface area (Å²) in [6, 6.07) is 35.6. The number of benzene rings is 4. The minimum absolute atomic E-state index is 0.0172. The number of nitrogens with zero attached hydrogens (tertiary/aromatic N) is 2. The van der Waals surface area contributed by atoms with Crippen molar-refractivity contribution >= 4 is 11.7 Å². The molecule has 1 aromatic heterocycles. The van der Waals surface area contributed by atoms with E-state index in [0.29, 0.717) is 11.3 Å². The number of halogens is 1. The van der Waals surface area contributed by atoms with E-state index < -0.39 is 48.3 Å². The van der Waals surface area contributed by atoms with Crippen molar-refractivity contribution in [2.24, 2.45) is 0 Å². The Balaban J connectivity index is 1.37. The van der Waals surface area contributed by atoms with E-state index in [-0.39, 0.29) is 5.82 Å². The van der Waals surface area contributed by atoms with Crippen LogP contribution in [0.25, 0.3) is 0 Å².